The number of hydrogen-bond acceptors (Lipinski definition) is 1. The van der Waals surface area contributed by atoms with Crippen LogP contribution in [0, 0.1) is 0 Å². The van der Waals surface area contributed by atoms with E-state index in [2.05, 4.69) is 0 Å². The van der Waals surface area contributed by atoms with Crippen LogP contribution in [0.5, 0.6) is 0 Å². The molecule has 88 valence electrons. The van der Waals surface area contributed by atoms with E-state index in [0.717, 1.165) is 10.8 Å². The van der Waals surface area contributed by atoms with Crippen LogP contribution in [0.1, 0.15) is 0 Å². The molecule has 0 spiro atoms. The Balaban J connectivity index is 2.43. The number of rotatable bonds is 3. The lowest BCUT2D eigenvalue weighted by molar-refractivity contribution is 0.202. The van der Waals surface area contributed by atoms with Crippen LogP contribution in [0.25, 0.3) is 10.8 Å². The van der Waals surface area contributed by atoms with E-state index in [-0.39, 0.29) is 12.4 Å². The lowest BCUT2D eigenvalue weighted by atomic mass is 10.1. The van der Waals surface area contributed by atoms with Gasteiger partial charge in [0.15, 0.2) is 0 Å². The fourth-order valence-corrected chi connectivity index (χ4v) is 1.93. The Bertz CT molecular complexity index is 542. The van der Waals surface area contributed by atoms with Crippen molar-refractivity contribution in [2.75, 3.05) is 17.3 Å². The van der Waals surface area contributed by atoms with E-state index in [0.29, 0.717) is 5.69 Å². The summed E-state index contributed by atoms with van der Waals surface area (Å²) in [4.78, 5) is 12.3. The molecule has 2 rings (SSSR count). The van der Waals surface area contributed by atoms with Crippen LogP contribution in [0.3, 0.4) is 0 Å². The predicted octanol–water partition coefficient (Wildman–Crippen LogP) is 3.56. The molecule has 2 aromatic rings. The molecule has 0 saturated carbocycles. The fourth-order valence-electron chi connectivity index (χ4n) is 1.76. The third-order valence-electron chi connectivity index (χ3n) is 2.58. The fraction of sp³-hybridized carbons (Fsp3) is 0.154. The molecule has 0 aliphatic carbocycles. The minimum absolute atomic E-state index is 0.277. The average Bonchev–Trinajstić information content (AvgIpc) is 2.35. The standard InChI is InChI=1S/C13H12ClNO2/c14-7-8-15(13(16)17)12-6-5-10-3-1-2-4-11(10)9-12/h1-6,9H,7-8H2,(H,16,17). The van der Waals surface area contributed by atoms with Crippen molar-refractivity contribution < 1.29 is 9.90 Å². The molecule has 0 radical (unpaired) electrons. The molecular weight excluding hydrogens is 238 g/mol. The number of fused-ring (bicyclic) bond motifs is 1. The van der Waals surface area contributed by atoms with Crippen molar-refractivity contribution in [3.8, 4) is 0 Å². The molecule has 2 aromatic carbocycles. The Morgan fingerprint density at radius 1 is 1.18 bits per heavy atom. The monoisotopic (exact) mass is 249 g/mol. The van der Waals surface area contributed by atoms with Crippen LogP contribution in [-0.4, -0.2) is 23.6 Å². The van der Waals surface area contributed by atoms with Crippen LogP contribution >= 0.6 is 11.6 Å². The molecule has 0 unspecified atom stereocenters. The summed E-state index contributed by atoms with van der Waals surface area (Å²) in [6, 6.07) is 13.4. The van der Waals surface area contributed by atoms with Crippen LogP contribution in [0.4, 0.5) is 10.5 Å². The zero-order chi connectivity index (χ0) is 12.3. The van der Waals surface area contributed by atoms with E-state index < -0.39 is 6.09 Å². The summed E-state index contributed by atoms with van der Waals surface area (Å²) in [5.74, 6) is 0.277. The molecule has 0 heterocycles. The summed E-state index contributed by atoms with van der Waals surface area (Å²) in [5, 5.41) is 11.2. The average molecular weight is 250 g/mol. The van der Waals surface area contributed by atoms with Crippen molar-refractivity contribution in [2.24, 2.45) is 0 Å². The maximum Gasteiger partial charge on any atom is 0.411 e. The van der Waals surface area contributed by atoms with Gasteiger partial charge in [0.05, 0.1) is 0 Å². The minimum Gasteiger partial charge on any atom is -0.465 e. The van der Waals surface area contributed by atoms with Crippen LogP contribution in [0.2, 0.25) is 0 Å². The van der Waals surface area contributed by atoms with Gasteiger partial charge in [-0.05, 0) is 22.9 Å². The van der Waals surface area contributed by atoms with Gasteiger partial charge in [-0.1, -0.05) is 30.3 Å². The summed E-state index contributed by atoms with van der Waals surface area (Å²) in [6.45, 7) is 0.287. The number of carbonyl (C=O) groups is 1. The highest BCUT2D eigenvalue weighted by Crippen LogP contribution is 2.22. The first-order valence-electron chi connectivity index (χ1n) is 5.27. The van der Waals surface area contributed by atoms with E-state index >= 15 is 0 Å². The van der Waals surface area contributed by atoms with Gasteiger partial charge in [-0.25, -0.2) is 4.79 Å². The number of anilines is 1. The number of halogens is 1. The molecule has 0 aliphatic rings. The molecule has 1 N–H and O–H groups in total. The summed E-state index contributed by atoms with van der Waals surface area (Å²) >= 11 is 5.60. The predicted molar refractivity (Wildman–Crippen MR) is 70.0 cm³/mol. The first kappa shape index (κ1) is 11.7. The molecule has 0 aliphatic heterocycles. The van der Waals surface area contributed by atoms with Gasteiger partial charge in [-0.15, -0.1) is 11.6 Å². The molecular formula is C13H12ClNO2. The number of benzene rings is 2. The first-order chi connectivity index (χ1) is 8.22. The minimum atomic E-state index is -0.985. The first-order valence-corrected chi connectivity index (χ1v) is 5.81. The largest absolute Gasteiger partial charge is 0.465 e. The van der Waals surface area contributed by atoms with Gasteiger partial charge < -0.3 is 5.11 Å². The van der Waals surface area contributed by atoms with E-state index in [1.54, 1.807) is 6.07 Å². The van der Waals surface area contributed by atoms with E-state index in [1.165, 1.54) is 4.90 Å². The number of hydrogen-bond donors (Lipinski definition) is 1. The second-order valence-electron chi connectivity index (χ2n) is 3.65. The summed E-state index contributed by atoms with van der Waals surface area (Å²) in [6.07, 6.45) is -0.985. The highest BCUT2D eigenvalue weighted by atomic mass is 35.5. The van der Waals surface area contributed by atoms with Crippen molar-refractivity contribution in [2.45, 2.75) is 0 Å². The second-order valence-corrected chi connectivity index (χ2v) is 4.03. The van der Waals surface area contributed by atoms with Gasteiger partial charge in [0, 0.05) is 18.1 Å². The third-order valence-corrected chi connectivity index (χ3v) is 2.75. The zero-order valence-electron chi connectivity index (χ0n) is 9.14. The molecule has 4 heteroatoms. The van der Waals surface area contributed by atoms with Crippen molar-refractivity contribution in [3.05, 3.63) is 42.5 Å². The lowest BCUT2D eigenvalue weighted by Crippen LogP contribution is -2.30. The zero-order valence-corrected chi connectivity index (χ0v) is 9.89. The SMILES string of the molecule is O=C(O)N(CCCl)c1ccc2ccccc2c1. The molecule has 0 bridgehead atoms. The topological polar surface area (TPSA) is 40.5 Å². The summed E-state index contributed by atoms with van der Waals surface area (Å²) in [7, 11) is 0. The molecule has 1 amide bonds. The second kappa shape index (κ2) is 5.06. The van der Waals surface area contributed by atoms with Crippen LogP contribution < -0.4 is 4.90 Å². The van der Waals surface area contributed by atoms with Gasteiger partial charge in [0.1, 0.15) is 0 Å². The Morgan fingerprint density at radius 3 is 2.53 bits per heavy atom. The highest BCUT2D eigenvalue weighted by molar-refractivity contribution is 6.18. The molecule has 17 heavy (non-hydrogen) atoms. The van der Waals surface area contributed by atoms with Gasteiger partial charge in [0.2, 0.25) is 0 Å². The van der Waals surface area contributed by atoms with E-state index in [1.807, 2.05) is 36.4 Å². The van der Waals surface area contributed by atoms with Crippen LogP contribution in [-0.2, 0) is 0 Å². The van der Waals surface area contributed by atoms with Gasteiger partial charge in [-0.2, -0.15) is 0 Å². The third kappa shape index (κ3) is 2.50. The number of alkyl halides is 1. The Morgan fingerprint density at radius 2 is 1.88 bits per heavy atom. The Labute approximate surface area is 104 Å². The van der Waals surface area contributed by atoms with Crippen LogP contribution in [0.15, 0.2) is 42.5 Å². The van der Waals surface area contributed by atoms with Gasteiger partial charge in [-0.3, -0.25) is 4.90 Å². The molecule has 0 aromatic heterocycles. The Hall–Kier alpha value is -1.74. The lowest BCUT2D eigenvalue weighted by Gasteiger charge is -2.18. The van der Waals surface area contributed by atoms with Crippen molar-refractivity contribution in [1.82, 2.24) is 0 Å². The molecule has 0 atom stereocenters. The molecule has 3 nitrogen and oxygen atoms in total. The van der Waals surface area contributed by atoms with Crippen molar-refractivity contribution >= 4 is 34.2 Å². The highest BCUT2D eigenvalue weighted by Gasteiger charge is 2.13. The number of amides is 1. The van der Waals surface area contributed by atoms with Gasteiger partial charge >= 0.3 is 6.09 Å². The quantitative estimate of drug-likeness (QED) is 0.845. The number of carboxylic acid groups (broad SMARTS) is 1. The normalized spacial score (nSPS) is 10.4. The smallest absolute Gasteiger partial charge is 0.411 e. The van der Waals surface area contributed by atoms with Crippen molar-refractivity contribution in [1.29, 1.82) is 0 Å². The summed E-state index contributed by atoms with van der Waals surface area (Å²) < 4.78 is 0. The summed E-state index contributed by atoms with van der Waals surface area (Å²) in [5.41, 5.74) is 0.650. The molecule has 0 saturated heterocycles. The van der Waals surface area contributed by atoms with Crippen molar-refractivity contribution in [3.63, 3.8) is 0 Å². The number of nitrogens with zero attached hydrogens (tertiary/aromatic N) is 1. The molecule has 0 fully saturated rings. The van der Waals surface area contributed by atoms with Gasteiger partial charge in [0.25, 0.3) is 0 Å². The Kier molecular flexibility index (Phi) is 3.49. The van der Waals surface area contributed by atoms with E-state index in [9.17, 15) is 4.79 Å². The van der Waals surface area contributed by atoms with E-state index in [4.69, 9.17) is 16.7 Å². The maximum atomic E-state index is 11.1. The maximum absolute atomic E-state index is 11.1.